The van der Waals surface area contributed by atoms with E-state index in [9.17, 15) is 42.3 Å². The van der Waals surface area contributed by atoms with Gasteiger partial charge in [-0.25, -0.2) is 19.4 Å². The number of halogens is 3. The first-order valence-electron chi connectivity index (χ1n) is 14.5. The Morgan fingerprint density at radius 2 is 1.76 bits per heavy atom. The molecule has 16 nitrogen and oxygen atoms in total. The highest BCUT2D eigenvalue weighted by Gasteiger charge is 2.42. The Morgan fingerprint density at radius 3 is 2.37 bits per heavy atom. The van der Waals surface area contributed by atoms with Gasteiger partial charge in [-0.15, -0.1) is 0 Å². The minimum Gasteiger partial charge on any atom is -0.480 e. The molecule has 0 bridgehead atoms. The number of nitrogens with one attached hydrogen (secondary N) is 6. The number of aliphatic carboxylic acids is 2. The van der Waals surface area contributed by atoms with Gasteiger partial charge in [0.2, 0.25) is 17.7 Å². The molecule has 0 aliphatic carbocycles. The van der Waals surface area contributed by atoms with E-state index in [1.807, 2.05) is 11.8 Å². The number of carboxylic acids is 2. The molecule has 2 aliphatic rings. The second-order valence-electron chi connectivity index (χ2n) is 10.5. The monoisotopic (exact) mass is 680 g/mol. The van der Waals surface area contributed by atoms with Crippen molar-refractivity contribution >= 4 is 47.5 Å². The van der Waals surface area contributed by atoms with Gasteiger partial charge in [0.15, 0.2) is 0 Å². The number of urea groups is 1. The Labute approximate surface area is 266 Å². The van der Waals surface area contributed by atoms with Crippen molar-refractivity contribution in [3.05, 3.63) is 18.2 Å². The van der Waals surface area contributed by atoms with Gasteiger partial charge in [-0.05, 0) is 38.6 Å². The molecule has 3 heterocycles. The highest BCUT2D eigenvalue weighted by Crippen LogP contribution is 2.33. The summed E-state index contributed by atoms with van der Waals surface area (Å²) in [4.78, 5) is 76.4. The zero-order valence-corrected chi connectivity index (χ0v) is 25.5. The fourth-order valence-electron chi connectivity index (χ4n) is 4.63. The fourth-order valence-corrected chi connectivity index (χ4v) is 6.18. The number of nitrogens with two attached hydrogens (primary N) is 1. The number of rotatable bonds is 17. The number of nitrogens with zero attached hydrogens (tertiary/aromatic N) is 1. The lowest BCUT2D eigenvalue weighted by atomic mass is 10.0. The van der Waals surface area contributed by atoms with Crippen LogP contribution in [0.2, 0.25) is 0 Å². The number of aromatic nitrogens is 2. The molecule has 3 rings (SSSR count). The third-order valence-electron chi connectivity index (χ3n) is 6.96. The number of H-pyrrole nitrogens is 1. The van der Waals surface area contributed by atoms with Crippen LogP contribution in [-0.2, 0) is 30.4 Å². The number of carbonyl (C=O) groups is 6. The van der Waals surface area contributed by atoms with E-state index in [0.29, 0.717) is 36.8 Å². The Kier molecular flexibility index (Phi) is 15.6. The first-order valence-corrected chi connectivity index (χ1v) is 15.5. The maximum atomic E-state index is 12.9. The molecule has 5 amide bonds. The lowest BCUT2D eigenvalue weighted by Crippen LogP contribution is -2.54. The Bertz CT molecular complexity index is 1190. The topological polar surface area (TPSA) is 258 Å². The average Bonchev–Trinajstić information content (AvgIpc) is 3.71. The van der Waals surface area contributed by atoms with E-state index in [1.165, 1.54) is 12.5 Å². The summed E-state index contributed by atoms with van der Waals surface area (Å²) in [5, 5.41) is 30.4. The van der Waals surface area contributed by atoms with Crippen LogP contribution in [0.3, 0.4) is 0 Å². The SMILES string of the molecule is NCCCC[C@H](NC(=O)[C@H](Cc1cnc[nH]1)NC(=O)CNC(=O)CCCC[C@@H]1SC[C@@H]2NC(=O)N[C@@H]21)C(=O)O.O=C(O)C(F)(F)F. The molecule has 2 saturated heterocycles. The largest absolute Gasteiger partial charge is 0.490 e. The van der Waals surface area contributed by atoms with Crippen molar-refractivity contribution in [2.24, 2.45) is 5.73 Å². The van der Waals surface area contributed by atoms with Crippen molar-refractivity contribution in [2.45, 2.75) is 87.0 Å². The van der Waals surface area contributed by atoms with Crippen LogP contribution < -0.4 is 32.3 Å². The number of fused-ring (bicyclic) bond motifs is 1. The maximum Gasteiger partial charge on any atom is 0.490 e. The summed E-state index contributed by atoms with van der Waals surface area (Å²) in [6.45, 7) is 0.104. The van der Waals surface area contributed by atoms with E-state index in [4.69, 9.17) is 15.6 Å². The van der Waals surface area contributed by atoms with Crippen molar-refractivity contribution in [3.63, 3.8) is 0 Å². The number of hydrogen-bond acceptors (Lipinski definition) is 9. The number of alkyl halides is 3. The second kappa shape index (κ2) is 18.8. The summed E-state index contributed by atoms with van der Waals surface area (Å²) in [5.74, 6) is -4.55. The molecule has 1 aromatic rings. The summed E-state index contributed by atoms with van der Waals surface area (Å²) < 4.78 is 31.7. The smallest absolute Gasteiger partial charge is 0.480 e. The lowest BCUT2D eigenvalue weighted by Gasteiger charge is -2.21. The van der Waals surface area contributed by atoms with E-state index in [0.717, 1.165) is 18.6 Å². The molecular weight excluding hydrogens is 641 g/mol. The van der Waals surface area contributed by atoms with Gasteiger partial charge in [0.05, 0.1) is 25.0 Å². The second-order valence-corrected chi connectivity index (χ2v) is 11.8. The van der Waals surface area contributed by atoms with Crippen molar-refractivity contribution in [2.75, 3.05) is 18.8 Å². The van der Waals surface area contributed by atoms with Gasteiger partial charge in [-0.3, -0.25) is 14.4 Å². The lowest BCUT2D eigenvalue weighted by molar-refractivity contribution is -0.192. The van der Waals surface area contributed by atoms with Crippen LogP contribution in [0.25, 0.3) is 0 Å². The third-order valence-corrected chi connectivity index (χ3v) is 8.47. The number of amides is 5. The first kappa shape index (κ1) is 38.1. The van der Waals surface area contributed by atoms with E-state index < -0.39 is 42.0 Å². The van der Waals surface area contributed by atoms with Gasteiger partial charge in [0.25, 0.3) is 0 Å². The number of aromatic amines is 1. The van der Waals surface area contributed by atoms with Crippen LogP contribution in [0.4, 0.5) is 18.0 Å². The first-order chi connectivity index (χ1) is 21.7. The third kappa shape index (κ3) is 13.5. The zero-order valence-electron chi connectivity index (χ0n) is 24.7. The van der Waals surface area contributed by atoms with E-state index in [-0.39, 0.29) is 49.8 Å². The van der Waals surface area contributed by atoms with Gasteiger partial charge in [0.1, 0.15) is 12.1 Å². The molecule has 5 atom stereocenters. The Hall–Kier alpha value is -4.07. The molecule has 46 heavy (non-hydrogen) atoms. The maximum absolute atomic E-state index is 12.9. The predicted molar refractivity (Wildman–Crippen MR) is 157 cm³/mol. The number of imidazole rings is 1. The van der Waals surface area contributed by atoms with Crippen LogP contribution in [-0.4, -0.2) is 110 Å². The van der Waals surface area contributed by atoms with Crippen LogP contribution >= 0.6 is 11.8 Å². The van der Waals surface area contributed by atoms with Crippen molar-refractivity contribution in [1.29, 1.82) is 0 Å². The fraction of sp³-hybridized carbons (Fsp3) is 0.654. The number of unbranched alkanes of at least 4 members (excludes halogenated alkanes) is 2. The Balaban J connectivity index is 0.000000942. The highest BCUT2D eigenvalue weighted by atomic mass is 32.2. The standard InChI is InChI=1S/C24H38N8O6S.C2HF3O2/c25-8-4-3-5-15(23(36)37)30-22(35)16(9-14-10-26-13-28-14)29-20(34)11-27-19(33)7-2-1-6-18-21-17(12-39-18)31-24(38)32-21;3-2(4,5)1(6)7/h10,13,15-18,21H,1-9,11-12,25H2,(H,26,28)(H,27,33)(H,29,34)(H,30,35)(H,36,37)(H2,31,32,38);(H,6,7)/t15-,16-,17-,18-,21-;/m0./s1. The van der Waals surface area contributed by atoms with E-state index in [1.54, 1.807) is 0 Å². The Morgan fingerprint density at radius 1 is 1.04 bits per heavy atom. The molecule has 2 aliphatic heterocycles. The number of carboxylic acid groups (broad SMARTS) is 2. The van der Waals surface area contributed by atoms with Gasteiger partial charge >= 0.3 is 24.1 Å². The van der Waals surface area contributed by atoms with Crippen molar-refractivity contribution in [3.8, 4) is 0 Å². The van der Waals surface area contributed by atoms with Gasteiger partial charge in [0, 0.05) is 35.7 Å². The molecular formula is C26H39F3N8O8S. The summed E-state index contributed by atoms with van der Waals surface area (Å²) in [5.41, 5.74) is 6.04. The molecule has 1 aromatic heterocycles. The van der Waals surface area contributed by atoms with Crippen LogP contribution in [0.5, 0.6) is 0 Å². The molecule has 10 N–H and O–H groups in total. The average molecular weight is 681 g/mol. The molecule has 0 saturated carbocycles. The minimum atomic E-state index is -5.08. The summed E-state index contributed by atoms with van der Waals surface area (Å²) in [6.07, 6.45) is 1.90. The summed E-state index contributed by atoms with van der Waals surface area (Å²) in [7, 11) is 0. The molecule has 0 unspecified atom stereocenters. The molecule has 0 spiro atoms. The van der Waals surface area contributed by atoms with Crippen molar-refractivity contribution < 1.29 is 52.2 Å². The summed E-state index contributed by atoms with van der Waals surface area (Å²) in [6, 6.07) is -2.01. The molecule has 2 fully saturated rings. The summed E-state index contributed by atoms with van der Waals surface area (Å²) >= 11 is 1.82. The van der Waals surface area contributed by atoms with Gasteiger partial charge in [-0.1, -0.05) is 6.42 Å². The van der Waals surface area contributed by atoms with Crippen LogP contribution in [0.15, 0.2) is 12.5 Å². The number of thioether (sulfide) groups is 1. The number of hydrogen-bond donors (Lipinski definition) is 9. The van der Waals surface area contributed by atoms with Crippen molar-refractivity contribution in [1.82, 2.24) is 36.6 Å². The zero-order chi connectivity index (χ0) is 34.3. The molecule has 20 heteroatoms. The van der Waals surface area contributed by atoms with Gasteiger partial charge in [-0.2, -0.15) is 24.9 Å². The molecule has 0 radical (unpaired) electrons. The quantitative estimate of drug-likeness (QED) is 0.0756. The van der Waals surface area contributed by atoms with Crippen LogP contribution in [0.1, 0.15) is 50.6 Å². The van der Waals surface area contributed by atoms with Crippen LogP contribution in [0, 0.1) is 0 Å². The normalized spacial score (nSPS) is 19.7. The molecule has 0 aromatic carbocycles. The van der Waals surface area contributed by atoms with E-state index in [2.05, 4.69) is 36.6 Å². The minimum absolute atomic E-state index is 0.0671. The van der Waals surface area contributed by atoms with Gasteiger partial charge < -0.3 is 47.5 Å². The molecule has 258 valence electrons. The van der Waals surface area contributed by atoms with E-state index >= 15 is 0 Å². The predicted octanol–water partition coefficient (Wildman–Crippen LogP) is -0.389. The highest BCUT2D eigenvalue weighted by molar-refractivity contribution is 8.00. The number of carbonyl (C=O) groups excluding carboxylic acids is 4.